The lowest BCUT2D eigenvalue weighted by Crippen LogP contribution is -2.47. The van der Waals surface area contributed by atoms with Gasteiger partial charge in [-0.25, -0.2) is 4.79 Å². The van der Waals surface area contributed by atoms with Crippen LogP contribution in [0.1, 0.15) is 25.3 Å². The number of carbonyl (C=O) groups excluding carboxylic acids is 3. The minimum Gasteiger partial charge on any atom is -0.497 e. The van der Waals surface area contributed by atoms with Gasteiger partial charge in [0, 0.05) is 6.54 Å². The minimum atomic E-state index is -0.847. The summed E-state index contributed by atoms with van der Waals surface area (Å²) in [6.07, 6.45) is 2.53. The Labute approximate surface area is 146 Å². The van der Waals surface area contributed by atoms with Crippen molar-refractivity contribution in [1.82, 2.24) is 15.5 Å². The van der Waals surface area contributed by atoms with Gasteiger partial charge in [-0.15, -0.1) is 0 Å². The van der Waals surface area contributed by atoms with Crippen LogP contribution in [0.5, 0.6) is 5.75 Å². The second-order valence-corrected chi connectivity index (χ2v) is 6.75. The Morgan fingerprint density at radius 1 is 1.32 bits per heavy atom. The average Bonchev–Trinajstić information content (AvgIpc) is 3.42. The van der Waals surface area contributed by atoms with Gasteiger partial charge in [0.15, 0.2) is 0 Å². The molecule has 1 atom stereocenters. The van der Waals surface area contributed by atoms with Crippen molar-refractivity contribution in [3.8, 4) is 5.75 Å². The maximum atomic E-state index is 12.5. The number of hydrogen-bond acceptors (Lipinski definition) is 4. The van der Waals surface area contributed by atoms with Crippen LogP contribution in [0.3, 0.4) is 0 Å². The van der Waals surface area contributed by atoms with Gasteiger partial charge in [0.1, 0.15) is 17.8 Å². The van der Waals surface area contributed by atoms with E-state index in [2.05, 4.69) is 10.6 Å². The molecule has 0 bridgehead atoms. The van der Waals surface area contributed by atoms with Gasteiger partial charge in [-0.3, -0.25) is 14.5 Å². The molecule has 1 saturated carbocycles. The molecule has 0 radical (unpaired) electrons. The lowest BCUT2D eigenvalue weighted by atomic mass is 9.96. The predicted molar refractivity (Wildman–Crippen MR) is 91.1 cm³/mol. The van der Waals surface area contributed by atoms with Gasteiger partial charge < -0.3 is 15.4 Å². The third kappa shape index (κ3) is 3.60. The van der Waals surface area contributed by atoms with Crippen molar-refractivity contribution in [2.24, 2.45) is 5.92 Å². The van der Waals surface area contributed by atoms with Crippen LogP contribution in [0, 0.1) is 5.92 Å². The quantitative estimate of drug-likeness (QED) is 0.724. The molecular weight excluding hydrogens is 322 g/mol. The molecule has 7 nitrogen and oxygen atoms in total. The Bertz CT molecular complexity index is 684. The Morgan fingerprint density at radius 2 is 2.00 bits per heavy atom. The highest BCUT2D eigenvalue weighted by molar-refractivity contribution is 6.09. The number of rotatable bonds is 7. The number of methoxy groups -OCH3 is 1. The summed E-state index contributed by atoms with van der Waals surface area (Å²) in [7, 11) is 1.61. The maximum Gasteiger partial charge on any atom is 0.325 e. The first kappa shape index (κ1) is 17.3. The van der Waals surface area contributed by atoms with Gasteiger partial charge in [0.2, 0.25) is 5.91 Å². The molecule has 1 aromatic carbocycles. The van der Waals surface area contributed by atoms with Crippen LogP contribution >= 0.6 is 0 Å². The number of benzene rings is 1. The Hall–Kier alpha value is -2.57. The van der Waals surface area contributed by atoms with Gasteiger partial charge in [0.25, 0.3) is 5.91 Å². The Balaban J connectivity index is 1.47. The highest BCUT2D eigenvalue weighted by Crippen LogP contribution is 2.42. The van der Waals surface area contributed by atoms with Gasteiger partial charge >= 0.3 is 6.03 Å². The second-order valence-electron chi connectivity index (χ2n) is 6.75. The van der Waals surface area contributed by atoms with Crippen LogP contribution in [0.15, 0.2) is 24.3 Å². The van der Waals surface area contributed by atoms with Crippen LogP contribution in [0.2, 0.25) is 0 Å². The van der Waals surface area contributed by atoms with Crippen LogP contribution < -0.4 is 15.4 Å². The first-order valence-corrected chi connectivity index (χ1v) is 8.48. The fourth-order valence-corrected chi connectivity index (χ4v) is 3.13. The molecule has 0 spiro atoms. The number of hydrogen-bond donors (Lipinski definition) is 2. The molecule has 2 N–H and O–H groups in total. The largest absolute Gasteiger partial charge is 0.497 e. The molecule has 3 rings (SSSR count). The monoisotopic (exact) mass is 345 g/mol. The molecule has 2 fully saturated rings. The van der Waals surface area contributed by atoms with E-state index in [1.807, 2.05) is 24.3 Å². The first-order chi connectivity index (χ1) is 11.9. The average molecular weight is 345 g/mol. The number of imide groups is 1. The molecular formula is C18H23N3O4. The molecule has 1 aliphatic carbocycles. The van der Waals surface area contributed by atoms with Crippen LogP contribution in [0.4, 0.5) is 4.79 Å². The Morgan fingerprint density at radius 3 is 2.60 bits per heavy atom. The van der Waals surface area contributed by atoms with Crippen molar-refractivity contribution in [1.29, 1.82) is 0 Å². The number of nitrogens with zero attached hydrogens (tertiary/aromatic N) is 1. The molecule has 0 unspecified atom stereocenters. The smallest absolute Gasteiger partial charge is 0.325 e. The normalized spacial score (nSPS) is 22.7. The van der Waals surface area contributed by atoms with E-state index in [1.165, 1.54) is 0 Å². The molecule has 0 aromatic heterocycles. The van der Waals surface area contributed by atoms with Crippen molar-refractivity contribution in [2.45, 2.75) is 31.7 Å². The van der Waals surface area contributed by atoms with Crippen molar-refractivity contribution in [3.05, 3.63) is 29.8 Å². The predicted octanol–water partition coefficient (Wildman–Crippen LogP) is 1.07. The zero-order valence-electron chi connectivity index (χ0n) is 14.5. The van der Waals surface area contributed by atoms with Crippen molar-refractivity contribution >= 4 is 17.8 Å². The lowest BCUT2D eigenvalue weighted by Gasteiger charge is -2.20. The number of carbonyl (C=O) groups is 3. The summed E-state index contributed by atoms with van der Waals surface area (Å²) in [5, 5.41) is 5.49. The molecule has 1 aromatic rings. The molecule has 2 aliphatic rings. The summed E-state index contributed by atoms with van der Waals surface area (Å²) in [4.78, 5) is 37.6. The summed E-state index contributed by atoms with van der Waals surface area (Å²) in [6.45, 7) is 1.94. The van der Waals surface area contributed by atoms with Gasteiger partial charge in [-0.05, 0) is 49.8 Å². The molecule has 1 saturated heterocycles. The summed E-state index contributed by atoms with van der Waals surface area (Å²) < 4.78 is 5.10. The molecule has 4 amide bonds. The molecule has 1 aliphatic heterocycles. The van der Waals surface area contributed by atoms with Crippen LogP contribution in [0.25, 0.3) is 0 Å². The molecule has 1 heterocycles. The zero-order valence-corrected chi connectivity index (χ0v) is 14.5. The van der Waals surface area contributed by atoms with Crippen molar-refractivity contribution in [2.75, 3.05) is 20.2 Å². The fraction of sp³-hybridized carbons (Fsp3) is 0.500. The lowest BCUT2D eigenvalue weighted by molar-refractivity contribution is -0.135. The third-order valence-electron chi connectivity index (χ3n) is 4.89. The van der Waals surface area contributed by atoms with Crippen molar-refractivity contribution < 1.29 is 19.1 Å². The van der Waals surface area contributed by atoms with E-state index in [-0.39, 0.29) is 24.3 Å². The Kier molecular flexibility index (Phi) is 4.65. The standard InChI is InChI=1S/C18H23N3O4/c1-18(13-5-6-13)16(23)21(17(24)20-18)11-15(22)19-10-9-12-3-7-14(25-2)8-4-12/h3-4,7-8,13H,5-6,9-11H2,1-2H3,(H,19,22)(H,20,24)/t18-/m0/s1. The number of amides is 4. The molecule has 25 heavy (non-hydrogen) atoms. The molecule has 134 valence electrons. The topological polar surface area (TPSA) is 87.7 Å². The van der Waals surface area contributed by atoms with E-state index in [0.717, 1.165) is 29.1 Å². The second kappa shape index (κ2) is 6.74. The van der Waals surface area contributed by atoms with Crippen molar-refractivity contribution in [3.63, 3.8) is 0 Å². The van der Waals surface area contributed by atoms with E-state index < -0.39 is 11.6 Å². The first-order valence-electron chi connectivity index (χ1n) is 8.48. The fourth-order valence-electron chi connectivity index (χ4n) is 3.13. The number of ether oxygens (including phenoxy) is 1. The van der Waals surface area contributed by atoms with E-state index in [9.17, 15) is 14.4 Å². The highest BCUT2D eigenvalue weighted by Gasteiger charge is 2.56. The van der Waals surface area contributed by atoms with E-state index in [4.69, 9.17) is 4.74 Å². The van der Waals surface area contributed by atoms with Gasteiger partial charge in [-0.1, -0.05) is 12.1 Å². The van der Waals surface area contributed by atoms with Crippen LogP contribution in [-0.2, 0) is 16.0 Å². The zero-order chi connectivity index (χ0) is 18.0. The highest BCUT2D eigenvalue weighted by atomic mass is 16.5. The SMILES string of the molecule is COc1ccc(CCNC(=O)CN2C(=O)N[C@@](C)(C3CC3)C2=O)cc1. The third-order valence-corrected chi connectivity index (χ3v) is 4.89. The number of nitrogens with one attached hydrogen (secondary N) is 2. The van der Waals surface area contributed by atoms with E-state index >= 15 is 0 Å². The number of urea groups is 1. The summed E-state index contributed by atoms with van der Waals surface area (Å²) in [6, 6.07) is 7.11. The van der Waals surface area contributed by atoms with Gasteiger partial charge in [0.05, 0.1) is 7.11 Å². The summed E-state index contributed by atoms with van der Waals surface area (Å²) >= 11 is 0. The van der Waals surface area contributed by atoms with Gasteiger partial charge in [-0.2, -0.15) is 0 Å². The molecule has 7 heteroatoms. The van der Waals surface area contributed by atoms with E-state index in [1.54, 1.807) is 14.0 Å². The van der Waals surface area contributed by atoms with E-state index in [0.29, 0.717) is 13.0 Å². The van der Waals surface area contributed by atoms with Crippen LogP contribution in [-0.4, -0.2) is 48.5 Å². The summed E-state index contributed by atoms with van der Waals surface area (Å²) in [5.74, 6) is 0.333. The summed E-state index contributed by atoms with van der Waals surface area (Å²) in [5.41, 5.74) is 0.220. The minimum absolute atomic E-state index is 0.187. The maximum absolute atomic E-state index is 12.5.